The van der Waals surface area contributed by atoms with E-state index < -0.39 is 13.8 Å². The normalized spacial score (nSPS) is 12.8. The van der Waals surface area contributed by atoms with Crippen LogP contribution in [0.25, 0.3) is 0 Å². The SMILES string of the molecule is CCCCC/C=C\C/C=C\C/C=C\C/C=C\CCCC(=O)[O-].C[N+](C)(C)CCOP(=O)(O)O. The monoisotopic (exact) mass is 487 g/mol. The predicted molar refractivity (Wildman–Crippen MR) is 134 cm³/mol. The minimum absolute atomic E-state index is 0.0772. The fourth-order valence-corrected chi connectivity index (χ4v) is 2.68. The number of phosphoric ester groups is 1. The van der Waals surface area contributed by atoms with E-state index in [9.17, 15) is 14.5 Å². The molecule has 33 heavy (non-hydrogen) atoms. The Morgan fingerprint density at radius 3 is 1.70 bits per heavy atom. The largest absolute Gasteiger partial charge is 0.550 e. The smallest absolute Gasteiger partial charge is 0.469 e. The summed E-state index contributed by atoms with van der Waals surface area (Å²) < 4.78 is 15.1. The molecule has 0 saturated carbocycles. The number of hydrogen-bond donors (Lipinski definition) is 2. The Balaban J connectivity index is 0. The third-order valence-electron chi connectivity index (χ3n) is 4.23. The Morgan fingerprint density at radius 2 is 1.30 bits per heavy atom. The number of carboxylic acid groups (broad SMARTS) is 1. The molecule has 0 spiro atoms. The highest BCUT2D eigenvalue weighted by atomic mass is 31.2. The summed E-state index contributed by atoms with van der Waals surface area (Å²) in [5.74, 6) is -0.962. The van der Waals surface area contributed by atoms with Crippen LogP contribution in [0.15, 0.2) is 48.6 Å². The Hall–Kier alpha value is -1.50. The van der Waals surface area contributed by atoms with E-state index in [1.165, 1.54) is 25.7 Å². The zero-order chi connectivity index (χ0) is 25.4. The van der Waals surface area contributed by atoms with E-state index >= 15 is 0 Å². The number of carbonyl (C=O) groups is 1. The maximum absolute atomic E-state index is 10.2. The first kappa shape index (κ1) is 33.7. The molecule has 0 aromatic heterocycles. The van der Waals surface area contributed by atoms with Crippen molar-refractivity contribution >= 4 is 13.8 Å². The van der Waals surface area contributed by atoms with E-state index in [1.54, 1.807) is 0 Å². The summed E-state index contributed by atoms with van der Waals surface area (Å²) in [6.45, 7) is 2.88. The van der Waals surface area contributed by atoms with Crippen LogP contribution in [-0.2, 0) is 13.9 Å². The molecule has 2 N–H and O–H groups in total. The zero-order valence-corrected chi connectivity index (χ0v) is 21.9. The second-order valence-corrected chi connectivity index (χ2v) is 9.93. The Morgan fingerprint density at radius 1 is 0.848 bits per heavy atom. The molecule has 0 aliphatic heterocycles. The van der Waals surface area contributed by atoms with Gasteiger partial charge in [-0.25, -0.2) is 4.57 Å². The second-order valence-electron chi connectivity index (χ2n) is 8.69. The van der Waals surface area contributed by atoms with Crippen LogP contribution in [0.3, 0.4) is 0 Å². The molecule has 0 heterocycles. The fraction of sp³-hybridized carbons (Fsp3) is 0.640. The number of unbranched alkanes of at least 4 members (excludes halogenated alkanes) is 4. The zero-order valence-electron chi connectivity index (χ0n) is 21.0. The molecule has 0 saturated heterocycles. The summed E-state index contributed by atoms with van der Waals surface area (Å²) in [6, 6.07) is 0. The summed E-state index contributed by atoms with van der Waals surface area (Å²) in [6.07, 6.45) is 27.0. The van der Waals surface area contributed by atoms with Crippen LogP contribution >= 0.6 is 7.82 Å². The molecule has 0 aromatic carbocycles. The number of allylic oxidation sites excluding steroid dienone is 8. The van der Waals surface area contributed by atoms with Gasteiger partial charge in [0.1, 0.15) is 13.2 Å². The molecular formula is C25H46NO6P. The van der Waals surface area contributed by atoms with E-state index in [0.717, 1.165) is 25.7 Å². The van der Waals surface area contributed by atoms with Crippen LogP contribution in [0.5, 0.6) is 0 Å². The molecule has 0 bridgehead atoms. The van der Waals surface area contributed by atoms with Crippen molar-refractivity contribution in [1.29, 1.82) is 0 Å². The first-order valence-electron chi connectivity index (χ1n) is 11.8. The Labute approximate surface area is 201 Å². The maximum atomic E-state index is 10.2. The van der Waals surface area contributed by atoms with Crippen LogP contribution < -0.4 is 5.11 Å². The predicted octanol–water partition coefficient (Wildman–Crippen LogP) is 4.68. The van der Waals surface area contributed by atoms with Gasteiger partial charge in [0.15, 0.2) is 0 Å². The minimum atomic E-state index is -4.26. The maximum Gasteiger partial charge on any atom is 0.469 e. The van der Waals surface area contributed by atoms with Crippen molar-refractivity contribution in [2.45, 2.75) is 71.1 Å². The molecule has 0 aliphatic rings. The van der Waals surface area contributed by atoms with E-state index in [1.807, 2.05) is 27.2 Å². The van der Waals surface area contributed by atoms with Crippen LogP contribution in [0.2, 0.25) is 0 Å². The highest BCUT2D eigenvalue weighted by Crippen LogP contribution is 2.35. The quantitative estimate of drug-likeness (QED) is 0.126. The van der Waals surface area contributed by atoms with Gasteiger partial charge >= 0.3 is 7.82 Å². The summed E-state index contributed by atoms with van der Waals surface area (Å²) in [5.41, 5.74) is 0. The van der Waals surface area contributed by atoms with Crippen molar-refractivity contribution in [3.8, 4) is 0 Å². The molecule has 0 aromatic rings. The molecule has 0 radical (unpaired) electrons. The molecule has 192 valence electrons. The van der Waals surface area contributed by atoms with E-state index in [2.05, 4.69) is 54.0 Å². The molecule has 0 rings (SSSR count). The minimum Gasteiger partial charge on any atom is -0.550 e. The fourth-order valence-electron chi connectivity index (χ4n) is 2.36. The number of nitrogens with zero attached hydrogens (tertiary/aromatic N) is 1. The van der Waals surface area contributed by atoms with Gasteiger partial charge < -0.3 is 24.2 Å². The third-order valence-corrected chi connectivity index (χ3v) is 4.75. The van der Waals surface area contributed by atoms with Crippen LogP contribution in [0, 0.1) is 0 Å². The Kier molecular flexibility index (Phi) is 22.8. The van der Waals surface area contributed by atoms with E-state index in [0.29, 0.717) is 17.4 Å². The van der Waals surface area contributed by atoms with Crippen molar-refractivity contribution in [2.24, 2.45) is 0 Å². The lowest BCUT2D eigenvalue weighted by molar-refractivity contribution is -0.870. The van der Waals surface area contributed by atoms with Crippen molar-refractivity contribution in [3.05, 3.63) is 48.6 Å². The first-order valence-corrected chi connectivity index (χ1v) is 13.3. The van der Waals surface area contributed by atoms with Crippen LogP contribution in [-0.4, -0.2) is 54.5 Å². The van der Waals surface area contributed by atoms with Gasteiger partial charge in [0.25, 0.3) is 0 Å². The summed E-state index contributed by atoms with van der Waals surface area (Å²) in [7, 11) is 1.50. The van der Waals surface area contributed by atoms with Gasteiger partial charge in [-0.3, -0.25) is 4.52 Å². The average molecular weight is 488 g/mol. The number of carboxylic acids is 1. The van der Waals surface area contributed by atoms with Crippen LogP contribution in [0.1, 0.15) is 71.1 Å². The topological polar surface area (TPSA) is 107 Å². The van der Waals surface area contributed by atoms with Crippen molar-refractivity contribution in [3.63, 3.8) is 0 Å². The Bertz CT molecular complexity index is 629. The number of phosphoric acid groups is 1. The summed E-state index contributed by atoms with van der Waals surface area (Å²) >= 11 is 0. The number of hydrogen-bond acceptors (Lipinski definition) is 4. The van der Waals surface area contributed by atoms with Gasteiger partial charge in [0.05, 0.1) is 21.1 Å². The van der Waals surface area contributed by atoms with Crippen molar-refractivity contribution in [1.82, 2.24) is 0 Å². The number of rotatable bonds is 18. The first-order chi connectivity index (χ1) is 15.5. The molecular weight excluding hydrogens is 441 g/mol. The van der Waals surface area contributed by atoms with E-state index in [4.69, 9.17) is 9.79 Å². The van der Waals surface area contributed by atoms with Gasteiger partial charge in [0.2, 0.25) is 0 Å². The van der Waals surface area contributed by atoms with Crippen molar-refractivity contribution < 1.29 is 33.3 Å². The highest BCUT2D eigenvalue weighted by molar-refractivity contribution is 7.46. The number of carbonyl (C=O) groups excluding carboxylic acids is 1. The standard InChI is InChI=1S/C20H32O2.C5H14NO4P/c1-2-3-4-5-6-7-8-9-10-11-12-13-14-15-16-17-18-19-20(21)22;1-6(2,3)4-5-10-11(7,8)9/h6-7,9-10,12-13,15-16H,2-5,8,11,14,17-19H2,1H3,(H,21,22);4-5H2,1-3H3,(H-,7,8,9)/b7-6-,10-9-,13-12-,16-15-;. The number of likely N-dealkylation sites (N-methyl/N-ethyl adjacent to an activating group) is 1. The van der Waals surface area contributed by atoms with Gasteiger partial charge in [-0.1, -0.05) is 68.4 Å². The number of quaternary nitrogens is 1. The molecule has 0 aliphatic carbocycles. The molecule has 0 unspecified atom stereocenters. The summed E-state index contributed by atoms with van der Waals surface area (Å²) in [5, 5.41) is 10.2. The highest BCUT2D eigenvalue weighted by Gasteiger charge is 2.15. The summed E-state index contributed by atoms with van der Waals surface area (Å²) in [4.78, 5) is 26.8. The van der Waals surface area contributed by atoms with E-state index in [-0.39, 0.29) is 13.0 Å². The molecule has 0 atom stereocenters. The lowest BCUT2D eigenvalue weighted by atomic mass is 10.2. The van der Waals surface area contributed by atoms with Gasteiger partial charge in [-0.2, -0.15) is 0 Å². The van der Waals surface area contributed by atoms with Crippen molar-refractivity contribution in [2.75, 3.05) is 34.3 Å². The molecule has 0 fully saturated rings. The number of aliphatic carboxylic acids is 1. The second kappa shape index (κ2) is 22.3. The molecule has 8 heteroatoms. The average Bonchev–Trinajstić information content (AvgIpc) is 2.68. The lowest BCUT2D eigenvalue weighted by Crippen LogP contribution is -2.37. The molecule has 0 amide bonds. The lowest BCUT2D eigenvalue weighted by Gasteiger charge is -2.23. The van der Waals surface area contributed by atoms with Gasteiger partial charge in [-0.05, 0) is 51.4 Å². The third kappa shape index (κ3) is 38.1. The van der Waals surface area contributed by atoms with Gasteiger partial charge in [0, 0.05) is 5.97 Å². The molecule has 7 nitrogen and oxygen atoms in total. The van der Waals surface area contributed by atoms with Crippen LogP contribution in [0.4, 0.5) is 0 Å². The van der Waals surface area contributed by atoms with Gasteiger partial charge in [-0.15, -0.1) is 0 Å².